The number of fused-ring (bicyclic) bond motifs is 2. The Morgan fingerprint density at radius 3 is 2.03 bits per heavy atom. The maximum Gasteiger partial charge on any atom is 0.349 e. The Kier molecular flexibility index (Phi) is 5.80. The molecule has 3 aromatic rings. The lowest BCUT2D eigenvalue weighted by Crippen LogP contribution is -2.30. The SMILES string of the molecule is Cc1cc2[15n]c3c(=O)[nH]c(=O)nc-3n(CC(Cc3ccccc3)Cc3ccccc3)c2cc1C. The van der Waals surface area contributed by atoms with Crippen LogP contribution < -0.4 is 11.2 Å². The first-order valence-electron chi connectivity index (χ1n) is 11.5. The van der Waals surface area contributed by atoms with Crippen molar-refractivity contribution < 1.29 is 0 Å². The van der Waals surface area contributed by atoms with Crippen molar-refractivity contribution in [2.75, 3.05) is 0 Å². The minimum absolute atomic E-state index is 0.188. The van der Waals surface area contributed by atoms with Crippen LogP contribution in [0.15, 0.2) is 82.4 Å². The van der Waals surface area contributed by atoms with Gasteiger partial charge in [0.25, 0.3) is 5.56 Å². The first-order valence-corrected chi connectivity index (χ1v) is 11.5. The van der Waals surface area contributed by atoms with E-state index in [0.29, 0.717) is 12.4 Å². The molecule has 2 aliphatic heterocycles. The second-order valence-corrected chi connectivity index (χ2v) is 8.94. The highest BCUT2D eigenvalue weighted by molar-refractivity contribution is 5.81. The van der Waals surface area contributed by atoms with Crippen LogP contribution in [0.5, 0.6) is 0 Å². The summed E-state index contributed by atoms with van der Waals surface area (Å²) < 4.78 is 2.01. The van der Waals surface area contributed by atoms with Crippen molar-refractivity contribution in [3.63, 3.8) is 0 Å². The lowest BCUT2D eigenvalue weighted by Gasteiger charge is -2.23. The summed E-state index contributed by atoms with van der Waals surface area (Å²) in [6, 6.07) is 24.9. The number of hydrogen-bond donors (Lipinski definition) is 1. The van der Waals surface area contributed by atoms with Gasteiger partial charge in [-0.1, -0.05) is 60.7 Å². The molecule has 0 unspecified atom stereocenters. The maximum absolute atomic E-state index is 12.6. The number of benzene rings is 3. The number of hydrogen-bond acceptors (Lipinski definition) is 4. The predicted octanol–water partition coefficient (Wildman–Crippen LogP) is 4.30. The van der Waals surface area contributed by atoms with E-state index in [1.807, 2.05) is 29.7 Å². The molecule has 3 aromatic carbocycles. The fraction of sp³-hybridized carbons (Fsp3) is 0.214. The molecule has 34 heavy (non-hydrogen) atoms. The number of rotatable bonds is 6. The number of nitrogens with one attached hydrogen (secondary N) is 1. The summed E-state index contributed by atoms with van der Waals surface area (Å²) in [6.07, 6.45) is 1.71. The number of aromatic amines is 1. The van der Waals surface area contributed by atoms with Crippen molar-refractivity contribution in [2.24, 2.45) is 5.92 Å². The van der Waals surface area contributed by atoms with Crippen LogP contribution in [-0.4, -0.2) is 19.5 Å². The highest BCUT2D eigenvalue weighted by Crippen LogP contribution is 2.26. The average molecular weight is 452 g/mol. The Hall–Kier alpha value is -4.06. The molecule has 6 heteroatoms. The largest absolute Gasteiger partial charge is 0.349 e. The fourth-order valence-electron chi connectivity index (χ4n) is 4.59. The molecular formula is C28H26N4O2. The summed E-state index contributed by atoms with van der Waals surface area (Å²) in [6.45, 7) is 4.68. The Morgan fingerprint density at radius 2 is 1.41 bits per heavy atom. The van der Waals surface area contributed by atoms with Crippen LogP contribution in [0.3, 0.4) is 0 Å². The van der Waals surface area contributed by atoms with Gasteiger partial charge in [-0.3, -0.25) is 9.78 Å². The van der Waals surface area contributed by atoms with Gasteiger partial charge in [0.1, 0.15) is 0 Å². The minimum atomic E-state index is -0.654. The molecule has 0 atom stereocenters. The lowest BCUT2D eigenvalue weighted by atomic mass is 9.92. The molecular weight excluding hydrogens is 425 g/mol. The van der Waals surface area contributed by atoms with Crippen molar-refractivity contribution in [3.8, 4) is 11.5 Å². The number of H-pyrrole nitrogens is 1. The molecule has 0 fully saturated rings. The molecule has 170 valence electrons. The van der Waals surface area contributed by atoms with E-state index in [9.17, 15) is 9.59 Å². The van der Waals surface area contributed by atoms with Crippen molar-refractivity contribution in [2.45, 2.75) is 33.2 Å². The molecule has 0 aromatic heterocycles. The van der Waals surface area contributed by atoms with Crippen LogP contribution in [0.4, 0.5) is 0 Å². The fourth-order valence-corrected chi connectivity index (χ4v) is 4.59. The molecule has 0 bridgehead atoms. The first kappa shape index (κ1) is 21.8. The number of aryl methyl sites for hydroxylation is 2. The van der Waals surface area contributed by atoms with Crippen LogP contribution in [0.1, 0.15) is 22.3 Å². The molecule has 0 saturated carbocycles. The van der Waals surface area contributed by atoms with Crippen LogP contribution in [0.25, 0.3) is 22.6 Å². The van der Waals surface area contributed by atoms with Crippen molar-refractivity contribution in [1.82, 2.24) is 19.5 Å². The minimum Gasteiger partial charge on any atom is -0.322 e. The van der Waals surface area contributed by atoms with Gasteiger partial charge in [-0.05, 0) is 67.0 Å². The molecule has 0 amide bonds. The second-order valence-electron chi connectivity index (χ2n) is 8.94. The van der Waals surface area contributed by atoms with E-state index < -0.39 is 11.2 Å². The zero-order chi connectivity index (χ0) is 23.7. The highest BCUT2D eigenvalue weighted by Gasteiger charge is 2.22. The summed E-state index contributed by atoms with van der Waals surface area (Å²) in [4.78, 5) is 35.9. The maximum atomic E-state index is 12.6. The van der Waals surface area contributed by atoms with Gasteiger partial charge in [0.05, 0.1) is 11.0 Å². The molecule has 0 aliphatic carbocycles. The van der Waals surface area contributed by atoms with Gasteiger partial charge in [0.2, 0.25) is 0 Å². The Labute approximate surface area is 197 Å². The van der Waals surface area contributed by atoms with E-state index in [-0.39, 0.29) is 11.6 Å². The standard InChI is InChI=1S/C28H26N4O2/c1-18-13-23-24(14-19(18)2)32(26-25(29-23)27(33)31-28(34)30-26)17-22(15-20-9-5-3-6-10-20)16-21-11-7-4-8-12-21/h3-14,22H,15-17H2,1-2H3,(H,31,33,34)/i29+1. The molecule has 1 N–H and O–H groups in total. The zero-order valence-electron chi connectivity index (χ0n) is 19.3. The van der Waals surface area contributed by atoms with Gasteiger partial charge in [-0.2, -0.15) is 4.98 Å². The van der Waals surface area contributed by atoms with E-state index in [2.05, 4.69) is 76.5 Å². The Balaban J connectivity index is 1.68. The van der Waals surface area contributed by atoms with Gasteiger partial charge in [0.15, 0.2) is 11.5 Å². The van der Waals surface area contributed by atoms with Gasteiger partial charge in [-0.25, -0.2) is 9.78 Å². The monoisotopic (exact) mass is 451 g/mol. The first-order chi connectivity index (χ1) is 16.5. The Morgan fingerprint density at radius 1 is 0.824 bits per heavy atom. The second kappa shape index (κ2) is 9.06. The van der Waals surface area contributed by atoms with Crippen molar-refractivity contribution in [3.05, 3.63) is 116 Å². The smallest absolute Gasteiger partial charge is 0.322 e. The van der Waals surface area contributed by atoms with Crippen LogP contribution in [-0.2, 0) is 19.4 Å². The predicted molar refractivity (Wildman–Crippen MR) is 134 cm³/mol. The normalized spacial score (nSPS) is 11.5. The zero-order valence-corrected chi connectivity index (χ0v) is 19.3. The van der Waals surface area contributed by atoms with Crippen molar-refractivity contribution >= 4 is 11.0 Å². The van der Waals surface area contributed by atoms with E-state index in [0.717, 1.165) is 35.0 Å². The highest BCUT2D eigenvalue weighted by atomic mass is 16.2. The molecule has 0 radical (unpaired) electrons. The van der Waals surface area contributed by atoms with Gasteiger partial charge in [-0.15, -0.1) is 0 Å². The lowest BCUT2D eigenvalue weighted by molar-refractivity contribution is 0.444. The molecule has 6 nitrogen and oxygen atoms in total. The quantitative estimate of drug-likeness (QED) is 0.390. The summed E-state index contributed by atoms with van der Waals surface area (Å²) >= 11 is 0. The van der Waals surface area contributed by atoms with Crippen LogP contribution in [0.2, 0.25) is 0 Å². The number of nitrogens with zero attached hydrogens (tertiary/aromatic N) is 3. The van der Waals surface area contributed by atoms with Gasteiger partial charge >= 0.3 is 5.69 Å². The van der Waals surface area contributed by atoms with E-state index in [1.165, 1.54) is 11.1 Å². The average Bonchev–Trinajstić information content (AvgIpc) is 2.82. The number of aromatic nitrogens is 4. The summed E-state index contributed by atoms with van der Waals surface area (Å²) in [5.41, 5.74) is 5.33. The third-order valence-electron chi connectivity index (χ3n) is 6.40. The van der Waals surface area contributed by atoms with E-state index in [4.69, 9.17) is 0 Å². The summed E-state index contributed by atoms with van der Waals surface area (Å²) in [7, 11) is 0. The van der Waals surface area contributed by atoms with Crippen molar-refractivity contribution in [1.29, 1.82) is 0 Å². The third kappa shape index (κ3) is 4.39. The van der Waals surface area contributed by atoms with Gasteiger partial charge < -0.3 is 4.57 Å². The molecule has 5 rings (SSSR count). The molecule has 0 saturated heterocycles. The topological polar surface area (TPSA) is 80.6 Å². The third-order valence-corrected chi connectivity index (χ3v) is 6.40. The summed E-state index contributed by atoms with van der Waals surface area (Å²) in [5, 5.41) is 0. The molecule has 2 heterocycles. The van der Waals surface area contributed by atoms with Crippen LogP contribution >= 0.6 is 0 Å². The molecule has 2 aliphatic rings. The van der Waals surface area contributed by atoms with E-state index in [1.54, 1.807) is 0 Å². The van der Waals surface area contributed by atoms with Crippen LogP contribution in [0, 0.1) is 19.8 Å². The van der Waals surface area contributed by atoms with Gasteiger partial charge in [0, 0.05) is 6.54 Å². The van der Waals surface area contributed by atoms with E-state index >= 15 is 0 Å². The summed E-state index contributed by atoms with van der Waals surface area (Å²) in [5.74, 6) is 0.539. The molecule has 0 spiro atoms. The Bertz CT molecular complexity index is 1500.